The molecule has 1 aromatic carbocycles. The van der Waals surface area contributed by atoms with E-state index < -0.39 is 30.1 Å². The number of carbonyl (C=O) groups is 2. The zero-order valence-electron chi connectivity index (χ0n) is 12.2. The van der Waals surface area contributed by atoms with Crippen LogP contribution in [0, 0.1) is 0 Å². The Morgan fingerprint density at radius 3 is 2.48 bits per heavy atom. The number of hydrogen-bond donors (Lipinski definition) is 3. The molecule has 2 atom stereocenters. The minimum Gasteiger partial charge on any atom is -0.376 e. The first-order valence-corrected chi connectivity index (χ1v) is 7.16. The molecule has 2 rings (SSSR count). The summed E-state index contributed by atoms with van der Waals surface area (Å²) in [6.45, 7) is -0.365. The lowest BCUT2D eigenvalue weighted by molar-refractivity contribution is -0.268. The fraction of sp³-hybridized carbons (Fsp3) is 0.467. The summed E-state index contributed by atoms with van der Waals surface area (Å²) in [5, 5.41) is 14.8. The van der Waals surface area contributed by atoms with E-state index in [2.05, 4.69) is 10.6 Å². The molecular formula is C15H17F3N2O3. The van der Waals surface area contributed by atoms with Crippen molar-refractivity contribution in [1.82, 2.24) is 10.6 Å². The number of rotatable bonds is 5. The second-order valence-electron chi connectivity index (χ2n) is 5.42. The number of halogens is 3. The van der Waals surface area contributed by atoms with Gasteiger partial charge >= 0.3 is 6.18 Å². The Kier molecular flexibility index (Phi) is 4.93. The summed E-state index contributed by atoms with van der Waals surface area (Å²) in [5.41, 5.74) is -3.32. The largest absolute Gasteiger partial charge is 0.421 e. The summed E-state index contributed by atoms with van der Waals surface area (Å²) in [4.78, 5) is 22.8. The van der Waals surface area contributed by atoms with Gasteiger partial charge in [0.15, 0.2) is 5.60 Å². The first-order valence-electron chi connectivity index (χ1n) is 7.16. The molecule has 8 heteroatoms. The number of hydrogen-bond acceptors (Lipinski definition) is 3. The molecule has 3 N–H and O–H groups in total. The molecule has 5 nitrogen and oxygen atoms in total. The first kappa shape index (κ1) is 17.3. The average Bonchev–Trinajstić information content (AvgIpc) is 2.93. The second-order valence-corrected chi connectivity index (χ2v) is 5.42. The molecule has 0 unspecified atom stereocenters. The topological polar surface area (TPSA) is 78.4 Å². The van der Waals surface area contributed by atoms with Crippen LogP contribution in [0.4, 0.5) is 13.2 Å². The van der Waals surface area contributed by atoms with Gasteiger partial charge in [-0.05, 0) is 12.0 Å². The fourth-order valence-corrected chi connectivity index (χ4v) is 2.46. The van der Waals surface area contributed by atoms with E-state index in [1.807, 2.05) is 0 Å². The minimum absolute atomic E-state index is 0.217. The maximum absolute atomic E-state index is 13.2. The molecule has 1 aliphatic rings. The Bertz CT molecular complexity index is 577. The van der Waals surface area contributed by atoms with Crippen molar-refractivity contribution in [3.63, 3.8) is 0 Å². The molecule has 0 radical (unpaired) electrons. The molecule has 1 fully saturated rings. The molecule has 126 valence electrons. The van der Waals surface area contributed by atoms with Gasteiger partial charge in [0.2, 0.25) is 11.8 Å². The number of aliphatic hydroxyl groups is 1. The lowest BCUT2D eigenvalue weighted by atomic mass is 9.89. The molecule has 1 saturated heterocycles. The molecule has 0 bridgehead atoms. The van der Waals surface area contributed by atoms with Gasteiger partial charge in [-0.25, -0.2) is 0 Å². The van der Waals surface area contributed by atoms with Gasteiger partial charge in [-0.1, -0.05) is 30.3 Å². The summed E-state index contributed by atoms with van der Waals surface area (Å²) in [6.07, 6.45) is -5.06. The van der Waals surface area contributed by atoms with Gasteiger partial charge in [0, 0.05) is 19.4 Å². The zero-order valence-corrected chi connectivity index (χ0v) is 12.2. The normalized spacial score (nSPS) is 20.7. The molecule has 0 aromatic heterocycles. The van der Waals surface area contributed by atoms with Crippen molar-refractivity contribution in [2.24, 2.45) is 0 Å². The first-order chi connectivity index (χ1) is 10.7. The summed E-state index contributed by atoms with van der Waals surface area (Å²) >= 11 is 0. The lowest BCUT2D eigenvalue weighted by Gasteiger charge is -2.31. The van der Waals surface area contributed by atoms with Crippen LogP contribution in [-0.2, 0) is 15.2 Å². The van der Waals surface area contributed by atoms with Crippen molar-refractivity contribution in [3.05, 3.63) is 35.9 Å². The van der Waals surface area contributed by atoms with E-state index >= 15 is 0 Å². The zero-order chi connectivity index (χ0) is 17.1. The molecular weight excluding hydrogens is 313 g/mol. The Hall–Kier alpha value is -2.09. The number of benzene rings is 1. The van der Waals surface area contributed by atoms with Gasteiger partial charge in [0.25, 0.3) is 0 Å². The summed E-state index contributed by atoms with van der Waals surface area (Å²) < 4.78 is 39.7. The van der Waals surface area contributed by atoms with Crippen LogP contribution in [0.2, 0.25) is 0 Å². The highest BCUT2D eigenvalue weighted by atomic mass is 19.4. The molecule has 23 heavy (non-hydrogen) atoms. The third kappa shape index (κ3) is 3.82. The molecule has 2 amide bonds. The van der Waals surface area contributed by atoms with E-state index in [-0.39, 0.29) is 24.4 Å². The van der Waals surface area contributed by atoms with Gasteiger partial charge in [-0.2, -0.15) is 13.2 Å². The van der Waals surface area contributed by atoms with Crippen molar-refractivity contribution in [1.29, 1.82) is 0 Å². The van der Waals surface area contributed by atoms with Crippen molar-refractivity contribution >= 4 is 11.8 Å². The standard InChI is InChI=1S/C15H17F3N2O3/c16-15(17,18)14(23,10-4-2-1-3-5-10)8-9-19-13(22)11-6-7-12(21)20-11/h1-5,11,23H,6-9H2,(H,19,22)(H,20,21)/t11-,14+/m1/s1. The van der Waals surface area contributed by atoms with Crippen LogP contribution in [0.1, 0.15) is 24.8 Å². The monoisotopic (exact) mass is 330 g/mol. The third-order valence-electron chi connectivity index (χ3n) is 3.82. The Labute approximate surface area is 130 Å². The van der Waals surface area contributed by atoms with Crippen LogP contribution in [0.25, 0.3) is 0 Å². The van der Waals surface area contributed by atoms with Gasteiger partial charge in [-0.15, -0.1) is 0 Å². The van der Waals surface area contributed by atoms with E-state index in [0.29, 0.717) is 6.42 Å². The highest BCUT2D eigenvalue weighted by molar-refractivity contribution is 5.90. The maximum Gasteiger partial charge on any atom is 0.421 e. The van der Waals surface area contributed by atoms with Crippen LogP contribution in [0.5, 0.6) is 0 Å². The quantitative estimate of drug-likeness (QED) is 0.760. The van der Waals surface area contributed by atoms with Gasteiger partial charge < -0.3 is 15.7 Å². The van der Waals surface area contributed by atoms with Crippen molar-refractivity contribution in [2.75, 3.05) is 6.54 Å². The van der Waals surface area contributed by atoms with E-state index in [1.165, 1.54) is 24.3 Å². The molecule has 0 saturated carbocycles. The predicted octanol–water partition coefficient (Wildman–Crippen LogP) is 1.22. The Morgan fingerprint density at radius 2 is 1.96 bits per heavy atom. The van der Waals surface area contributed by atoms with Gasteiger partial charge in [0.05, 0.1) is 0 Å². The van der Waals surface area contributed by atoms with Crippen LogP contribution in [0.15, 0.2) is 30.3 Å². The van der Waals surface area contributed by atoms with Crippen LogP contribution >= 0.6 is 0 Å². The van der Waals surface area contributed by atoms with Crippen LogP contribution < -0.4 is 10.6 Å². The third-order valence-corrected chi connectivity index (χ3v) is 3.82. The maximum atomic E-state index is 13.2. The highest BCUT2D eigenvalue weighted by Gasteiger charge is 2.54. The van der Waals surface area contributed by atoms with Crippen LogP contribution in [-0.4, -0.2) is 35.7 Å². The SMILES string of the molecule is O=C1CC[C@H](C(=O)NCC[C@](O)(c2ccccc2)C(F)(F)F)N1. The number of carbonyl (C=O) groups excluding carboxylic acids is 2. The van der Waals surface area contributed by atoms with Gasteiger partial charge in [-0.3, -0.25) is 9.59 Å². The summed E-state index contributed by atoms with van der Waals surface area (Å²) in [6, 6.07) is 6.00. The molecule has 0 spiro atoms. The molecule has 0 aliphatic carbocycles. The minimum atomic E-state index is -4.87. The number of nitrogens with one attached hydrogen (secondary N) is 2. The predicted molar refractivity (Wildman–Crippen MR) is 75.2 cm³/mol. The van der Waals surface area contributed by atoms with E-state index in [0.717, 1.165) is 0 Å². The number of alkyl halides is 3. The average molecular weight is 330 g/mol. The van der Waals surface area contributed by atoms with E-state index in [1.54, 1.807) is 6.07 Å². The van der Waals surface area contributed by atoms with Gasteiger partial charge in [0.1, 0.15) is 6.04 Å². The second kappa shape index (κ2) is 6.57. The summed E-state index contributed by atoms with van der Waals surface area (Å²) in [5.74, 6) is -0.810. The van der Waals surface area contributed by atoms with Crippen LogP contribution in [0.3, 0.4) is 0 Å². The van der Waals surface area contributed by atoms with E-state index in [9.17, 15) is 27.9 Å². The van der Waals surface area contributed by atoms with E-state index in [4.69, 9.17) is 0 Å². The number of amides is 2. The molecule has 1 heterocycles. The van der Waals surface area contributed by atoms with Crippen molar-refractivity contribution < 1.29 is 27.9 Å². The molecule has 1 aromatic rings. The summed E-state index contributed by atoms with van der Waals surface area (Å²) in [7, 11) is 0. The highest BCUT2D eigenvalue weighted by Crippen LogP contribution is 2.41. The lowest BCUT2D eigenvalue weighted by Crippen LogP contribution is -2.47. The van der Waals surface area contributed by atoms with Crippen molar-refractivity contribution in [3.8, 4) is 0 Å². The smallest absolute Gasteiger partial charge is 0.376 e. The Balaban J connectivity index is 2.00. The van der Waals surface area contributed by atoms with Crippen molar-refractivity contribution in [2.45, 2.75) is 37.1 Å². The molecule has 1 aliphatic heterocycles. The fourth-order valence-electron chi connectivity index (χ4n) is 2.46. The Morgan fingerprint density at radius 1 is 1.30 bits per heavy atom.